The minimum atomic E-state index is -3.78. The van der Waals surface area contributed by atoms with Crippen LogP contribution in [0, 0.1) is 18.8 Å². The minimum Gasteiger partial charge on any atom is -0.465 e. The monoisotopic (exact) mass is 414 g/mol. The highest BCUT2D eigenvalue weighted by atomic mass is 32.3. The first kappa shape index (κ1) is 21.8. The number of carbonyl (C=O) groups is 2. The molecule has 0 radical (unpaired) electrons. The number of hydrogen-bond acceptors (Lipinski definition) is 7. The van der Waals surface area contributed by atoms with E-state index in [4.69, 9.17) is 9.47 Å². The average molecular weight is 415 g/mol. The maximum Gasteiger partial charge on any atom is 0.321 e. The van der Waals surface area contributed by atoms with Gasteiger partial charge < -0.3 is 9.47 Å². The molecule has 1 aliphatic rings. The van der Waals surface area contributed by atoms with Gasteiger partial charge in [0.05, 0.1) is 11.5 Å². The van der Waals surface area contributed by atoms with Crippen LogP contribution in [0.1, 0.15) is 32.3 Å². The third kappa shape index (κ3) is 4.48. The summed E-state index contributed by atoms with van der Waals surface area (Å²) in [6.07, 6.45) is 2.24. The van der Waals surface area contributed by atoms with Crippen molar-refractivity contribution in [3.63, 3.8) is 0 Å². The van der Waals surface area contributed by atoms with E-state index in [2.05, 4.69) is 0 Å². The molecule has 4 unspecified atom stereocenters. The average Bonchev–Trinajstić information content (AvgIpc) is 2.92. The molecule has 4 atom stereocenters. The van der Waals surface area contributed by atoms with E-state index in [1.54, 1.807) is 37.4 Å². The third-order valence-electron chi connectivity index (χ3n) is 4.65. The Bertz CT molecular complexity index is 772. The Kier molecular flexibility index (Phi) is 7.33. The second-order valence-corrected chi connectivity index (χ2v) is 9.88. The molecular formula is C19H26O6S2. The molecule has 1 aromatic rings. The van der Waals surface area contributed by atoms with Crippen molar-refractivity contribution in [1.29, 1.82) is 0 Å². The van der Waals surface area contributed by atoms with E-state index in [1.165, 1.54) is 0 Å². The van der Waals surface area contributed by atoms with Gasteiger partial charge in [0.15, 0.2) is 15.8 Å². The van der Waals surface area contributed by atoms with Crippen LogP contribution in [-0.4, -0.2) is 43.9 Å². The standard InChI is InChI=1S/C19H26O6S2/c1-5-7-14-15(16(18(21)25-14)17(20)24-6-2)19(26-4)27(22,23)13-10-8-12(3)9-11-13/h8-11,14-16,19H,5-7H2,1-4H3. The van der Waals surface area contributed by atoms with E-state index in [-0.39, 0.29) is 11.5 Å². The summed E-state index contributed by atoms with van der Waals surface area (Å²) in [7, 11) is -3.78. The van der Waals surface area contributed by atoms with Gasteiger partial charge in [-0.25, -0.2) is 8.42 Å². The Morgan fingerprint density at radius 3 is 2.41 bits per heavy atom. The summed E-state index contributed by atoms with van der Waals surface area (Å²) in [6.45, 7) is 5.55. The van der Waals surface area contributed by atoms with Crippen molar-refractivity contribution in [1.82, 2.24) is 0 Å². The molecule has 0 bridgehead atoms. The van der Waals surface area contributed by atoms with Crippen molar-refractivity contribution in [2.75, 3.05) is 12.9 Å². The van der Waals surface area contributed by atoms with E-state index < -0.39 is 44.3 Å². The van der Waals surface area contributed by atoms with Crippen LogP contribution in [0.15, 0.2) is 29.2 Å². The maximum atomic E-state index is 13.3. The van der Waals surface area contributed by atoms with Gasteiger partial charge in [-0.3, -0.25) is 9.59 Å². The lowest BCUT2D eigenvalue weighted by molar-refractivity contribution is -0.156. The molecule has 8 heteroatoms. The van der Waals surface area contributed by atoms with Crippen LogP contribution in [0.4, 0.5) is 0 Å². The Hall–Kier alpha value is -1.54. The first-order valence-corrected chi connectivity index (χ1v) is 11.8. The van der Waals surface area contributed by atoms with Gasteiger partial charge in [-0.1, -0.05) is 31.0 Å². The lowest BCUT2D eigenvalue weighted by Crippen LogP contribution is -2.40. The van der Waals surface area contributed by atoms with Crippen molar-refractivity contribution in [2.45, 2.75) is 49.2 Å². The largest absolute Gasteiger partial charge is 0.465 e. The molecule has 150 valence electrons. The lowest BCUT2D eigenvalue weighted by atomic mass is 9.90. The second-order valence-electron chi connectivity index (χ2n) is 6.53. The van der Waals surface area contributed by atoms with Crippen molar-refractivity contribution >= 4 is 33.5 Å². The van der Waals surface area contributed by atoms with Gasteiger partial charge in [-0.2, -0.15) is 0 Å². The molecule has 2 rings (SSSR count). The number of aryl methyl sites for hydroxylation is 1. The number of benzene rings is 1. The van der Waals surface area contributed by atoms with Crippen molar-refractivity contribution in [3.8, 4) is 0 Å². The molecule has 27 heavy (non-hydrogen) atoms. The van der Waals surface area contributed by atoms with E-state index in [0.717, 1.165) is 17.3 Å². The van der Waals surface area contributed by atoms with E-state index in [9.17, 15) is 18.0 Å². The van der Waals surface area contributed by atoms with Gasteiger partial charge in [-0.15, -0.1) is 11.8 Å². The van der Waals surface area contributed by atoms with E-state index in [1.807, 2.05) is 13.8 Å². The molecule has 0 spiro atoms. The maximum absolute atomic E-state index is 13.3. The molecule has 0 aliphatic carbocycles. The van der Waals surface area contributed by atoms with Gasteiger partial charge in [0.2, 0.25) is 0 Å². The SMILES string of the molecule is CCCC1OC(=O)C(C(=O)OCC)C1C(SC)S(=O)(=O)c1ccc(C)cc1. The smallest absolute Gasteiger partial charge is 0.321 e. The Morgan fingerprint density at radius 1 is 1.26 bits per heavy atom. The van der Waals surface area contributed by atoms with Gasteiger partial charge >= 0.3 is 11.9 Å². The van der Waals surface area contributed by atoms with E-state index >= 15 is 0 Å². The zero-order valence-corrected chi connectivity index (χ0v) is 17.6. The number of thioether (sulfide) groups is 1. The van der Waals surface area contributed by atoms with Gasteiger partial charge in [-0.05, 0) is 38.7 Å². The predicted molar refractivity (Wildman–Crippen MR) is 104 cm³/mol. The molecule has 0 saturated carbocycles. The number of sulfone groups is 1. The summed E-state index contributed by atoms with van der Waals surface area (Å²) in [4.78, 5) is 25.0. The number of esters is 2. The van der Waals surface area contributed by atoms with Crippen LogP contribution in [-0.2, 0) is 28.9 Å². The normalized spacial score (nSPS) is 23.7. The predicted octanol–water partition coefficient (Wildman–Crippen LogP) is 2.98. The third-order valence-corrected chi connectivity index (χ3v) is 8.62. The number of ether oxygens (including phenoxy) is 2. The fraction of sp³-hybridized carbons (Fsp3) is 0.579. The van der Waals surface area contributed by atoms with Crippen LogP contribution in [0.2, 0.25) is 0 Å². The molecule has 0 amide bonds. The molecule has 0 aromatic heterocycles. The highest BCUT2D eigenvalue weighted by Crippen LogP contribution is 2.42. The summed E-state index contributed by atoms with van der Waals surface area (Å²) < 4.78 is 36.1. The van der Waals surface area contributed by atoms with Crippen LogP contribution in [0.5, 0.6) is 0 Å². The van der Waals surface area contributed by atoms with Gasteiger partial charge in [0, 0.05) is 5.92 Å². The first-order valence-electron chi connectivity index (χ1n) is 8.98. The molecule has 0 N–H and O–H groups in total. The fourth-order valence-electron chi connectivity index (χ4n) is 3.38. The van der Waals surface area contributed by atoms with Crippen LogP contribution < -0.4 is 0 Å². The summed E-state index contributed by atoms with van der Waals surface area (Å²) in [5.74, 6) is -3.43. The Morgan fingerprint density at radius 2 is 1.89 bits per heavy atom. The van der Waals surface area contributed by atoms with Crippen molar-refractivity contribution in [2.24, 2.45) is 11.8 Å². The van der Waals surface area contributed by atoms with Crippen molar-refractivity contribution in [3.05, 3.63) is 29.8 Å². The summed E-state index contributed by atoms with van der Waals surface area (Å²) in [5, 5.41) is 0. The Balaban J connectivity index is 2.49. The topological polar surface area (TPSA) is 86.7 Å². The molecular weight excluding hydrogens is 388 g/mol. The summed E-state index contributed by atoms with van der Waals surface area (Å²) >= 11 is 1.12. The molecule has 1 fully saturated rings. The minimum absolute atomic E-state index is 0.114. The highest BCUT2D eigenvalue weighted by Gasteiger charge is 2.55. The Labute approximate surface area is 164 Å². The van der Waals surface area contributed by atoms with Crippen molar-refractivity contribution < 1.29 is 27.5 Å². The molecule has 1 aromatic carbocycles. The molecule has 1 saturated heterocycles. The van der Waals surface area contributed by atoms with Crippen LogP contribution in [0.25, 0.3) is 0 Å². The highest BCUT2D eigenvalue weighted by molar-refractivity contribution is 8.13. The van der Waals surface area contributed by atoms with Gasteiger partial charge in [0.25, 0.3) is 0 Å². The number of hydrogen-bond donors (Lipinski definition) is 0. The number of rotatable bonds is 8. The lowest BCUT2D eigenvalue weighted by Gasteiger charge is -2.27. The number of carbonyl (C=O) groups excluding carboxylic acids is 2. The number of cyclic esters (lactones) is 1. The zero-order chi connectivity index (χ0) is 20.2. The van der Waals surface area contributed by atoms with E-state index in [0.29, 0.717) is 12.8 Å². The molecule has 6 nitrogen and oxygen atoms in total. The summed E-state index contributed by atoms with van der Waals surface area (Å²) in [6, 6.07) is 6.57. The first-order chi connectivity index (χ1) is 12.8. The van der Waals surface area contributed by atoms with Crippen LogP contribution in [0.3, 0.4) is 0 Å². The zero-order valence-electron chi connectivity index (χ0n) is 16.0. The van der Waals surface area contributed by atoms with Crippen LogP contribution >= 0.6 is 11.8 Å². The molecule has 1 heterocycles. The molecule has 1 aliphatic heterocycles. The van der Waals surface area contributed by atoms with Gasteiger partial charge in [0.1, 0.15) is 10.7 Å². The quantitative estimate of drug-likeness (QED) is 0.477. The summed E-state index contributed by atoms with van der Waals surface area (Å²) in [5.41, 5.74) is 0.947. The second kappa shape index (κ2) is 9.10. The fourth-order valence-corrected chi connectivity index (χ4v) is 6.90.